The second-order valence-corrected chi connectivity index (χ2v) is 2.32. The quantitative estimate of drug-likeness (QED) is 0.548. The molecule has 0 aromatic rings. The first-order chi connectivity index (χ1) is 5.18. The fraction of sp³-hybridized carbons (Fsp3) is 0.400. The molecule has 0 saturated heterocycles. The molecule has 0 aliphatic rings. The molecule has 0 aromatic heterocycles. The van der Waals surface area contributed by atoms with Gasteiger partial charge in [0.1, 0.15) is 0 Å². The highest BCUT2D eigenvalue weighted by atomic mass is 19.1. The number of allylic oxidation sites excluding steroid dienone is 4. The van der Waals surface area contributed by atoms with Crippen LogP contribution in [0, 0.1) is 5.92 Å². The molecule has 0 unspecified atom stereocenters. The summed E-state index contributed by atoms with van der Waals surface area (Å²) >= 11 is 0. The van der Waals surface area contributed by atoms with E-state index in [1.165, 1.54) is 0 Å². The molecule has 0 rings (SSSR count). The third-order valence-corrected chi connectivity index (χ3v) is 1.19. The molecule has 64 valence electrons. The lowest BCUT2D eigenvalue weighted by molar-refractivity contribution is 0.636. The summed E-state index contributed by atoms with van der Waals surface area (Å²) in [6.45, 7) is 11.7. The van der Waals surface area contributed by atoms with E-state index in [2.05, 4.69) is 27.0 Å². The first-order valence-corrected chi connectivity index (χ1v) is 3.54. The predicted octanol–water partition coefficient (Wildman–Crippen LogP) is 3.53. The topological polar surface area (TPSA) is 0 Å². The summed E-state index contributed by atoms with van der Waals surface area (Å²) < 4.78 is 9.50. The number of hydrogen-bond donors (Lipinski definition) is 0. The number of hydrogen-bond acceptors (Lipinski definition) is 0. The third-order valence-electron chi connectivity index (χ3n) is 1.19. The van der Waals surface area contributed by atoms with Crippen LogP contribution in [-0.4, -0.2) is 7.18 Å². The summed E-state index contributed by atoms with van der Waals surface area (Å²) in [7, 11) is 0.500. The zero-order chi connectivity index (χ0) is 9.28. The van der Waals surface area contributed by atoms with Gasteiger partial charge in [0.25, 0.3) is 0 Å². The van der Waals surface area contributed by atoms with Crippen LogP contribution >= 0.6 is 0 Å². The van der Waals surface area contributed by atoms with Crippen molar-refractivity contribution in [3.8, 4) is 0 Å². The van der Waals surface area contributed by atoms with Crippen LogP contribution in [0.5, 0.6) is 0 Å². The second kappa shape index (κ2) is 9.15. The molecule has 0 saturated carbocycles. The van der Waals surface area contributed by atoms with E-state index in [9.17, 15) is 4.39 Å². The van der Waals surface area contributed by atoms with E-state index in [1.54, 1.807) is 6.08 Å². The highest BCUT2D eigenvalue weighted by Crippen LogP contribution is 2.06. The van der Waals surface area contributed by atoms with Crippen LogP contribution in [0.25, 0.3) is 0 Å². The van der Waals surface area contributed by atoms with Crippen molar-refractivity contribution < 1.29 is 4.39 Å². The number of halogens is 1. The van der Waals surface area contributed by atoms with Crippen molar-refractivity contribution in [1.82, 2.24) is 0 Å². The van der Waals surface area contributed by atoms with Gasteiger partial charge in [-0.1, -0.05) is 50.8 Å². The minimum Gasteiger partial charge on any atom is -0.255 e. The highest BCUT2D eigenvalue weighted by Gasteiger charge is 1.91. The van der Waals surface area contributed by atoms with Crippen LogP contribution in [0.3, 0.4) is 0 Å². The molecular formula is C10H17F. The standard InChI is InChI=1S/C9H14.CH3F/c1-5-6-7-9(4)8(2)3;1-2/h5-8H,1,4H2,2-3H3;1H3/b7-6-;. The SMILES string of the molecule is C=C/C=C\C(=C)C(C)C.CF. The van der Waals surface area contributed by atoms with E-state index in [4.69, 9.17) is 0 Å². The van der Waals surface area contributed by atoms with Gasteiger partial charge in [0.05, 0.1) is 7.18 Å². The van der Waals surface area contributed by atoms with E-state index >= 15 is 0 Å². The van der Waals surface area contributed by atoms with Crippen LogP contribution in [0.1, 0.15) is 13.8 Å². The molecule has 0 heterocycles. The Morgan fingerprint density at radius 3 is 2.09 bits per heavy atom. The minimum atomic E-state index is 0.500. The number of rotatable bonds is 3. The Hall–Kier alpha value is -0.850. The zero-order valence-electron chi connectivity index (χ0n) is 7.60. The van der Waals surface area contributed by atoms with Gasteiger partial charge in [-0.25, -0.2) is 0 Å². The molecule has 0 N–H and O–H groups in total. The van der Waals surface area contributed by atoms with Crippen LogP contribution < -0.4 is 0 Å². The van der Waals surface area contributed by atoms with Gasteiger partial charge in [-0.3, -0.25) is 4.39 Å². The molecule has 0 atom stereocenters. The van der Waals surface area contributed by atoms with E-state index < -0.39 is 0 Å². The summed E-state index contributed by atoms with van der Waals surface area (Å²) in [5, 5.41) is 0. The number of alkyl halides is 1. The Kier molecular flexibility index (Phi) is 10.6. The average molecular weight is 156 g/mol. The lowest BCUT2D eigenvalue weighted by atomic mass is 10.1. The minimum absolute atomic E-state index is 0.500. The molecule has 0 spiro atoms. The molecular weight excluding hydrogens is 139 g/mol. The van der Waals surface area contributed by atoms with Crippen molar-refractivity contribution in [3.63, 3.8) is 0 Å². The van der Waals surface area contributed by atoms with Crippen LogP contribution in [0.15, 0.2) is 37.0 Å². The Balaban J connectivity index is 0. The molecule has 0 aliphatic heterocycles. The Morgan fingerprint density at radius 2 is 1.82 bits per heavy atom. The summed E-state index contributed by atoms with van der Waals surface area (Å²) in [5.74, 6) is 0.543. The molecule has 0 aliphatic carbocycles. The molecule has 0 aromatic carbocycles. The largest absolute Gasteiger partial charge is 0.255 e. The smallest absolute Gasteiger partial charge is 0.0785 e. The highest BCUT2D eigenvalue weighted by molar-refractivity contribution is 5.19. The molecule has 11 heavy (non-hydrogen) atoms. The van der Waals surface area contributed by atoms with Gasteiger partial charge in [0.2, 0.25) is 0 Å². The van der Waals surface area contributed by atoms with Gasteiger partial charge < -0.3 is 0 Å². The Morgan fingerprint density at radius 1 is 1.36 bits per heavy atom. The van der Waals surface area contributed by atoms with E-state index in [1.807, 2.05) is 12.2 Å². The molecule has 0 nitrogen and oxygen atoms in total. The van der Waals surface area contributed by atoms with Crippen molar-refractivity contribution >= 4 is 0 Å². The molecule has 0 fully saturated rings. The van der Waals surface area contributed by atoms with Crippen molar-refractivity contribution in [1.29, 1.82) is 0 Å². The lowest BCUT2D eigenvalue weighted by Gasteiger charge is -2.00. The normalized spacial score (nSPS) is 9.18. The van der Waals surface area contributed by atoms with Crippen molar-refractivity contribution in [2.75, 3.05) is 7.18 Å². The maximum atomic E-state index is 9.50. The summed E-state index contributed by atoms with van der Waals surface area (Å²) in [6.07, 6.45) is 5.65. The molecule has 1 heteroatoms. The van der Waals surface area contributed by atoms with Gasteiger partial charge in [0, 0.05) is 0 Å². The van der Waals surface area contributed by atoms with Crippen LogP contribution in [0.4, 0.5) is 4.39 Å². The monoisotopic (exact) mass is 156 g/mol. The van der Waals surface area contributed by atoms with Crippen molar-refractivity contribution in [2.24, 2.45) is 5.92 Å². The molecule has 0 amide bonds. The third kappa shape index (κ3) is 9.15. The first kappa shape index (κ1) is 12.8. The summed E-state index contributed by atoms with van der Waals surface area (Å²) in [6, 6.07) is 0. The maximum absolute atomic E-state index is 9.50. The summed E-state index contributed by atoms with van der Waals surface area (Å²) in [4.78, 5) is 0. The van der Waals surface area contributed by atoms with E-state index in [0.717, 1.165) is 5.57 Å². The van der Waals surface area contributed by atoms with Gasteiger partial charge >= 0.3 is 0 Å². The Labute approximate surface area is 69.1 Å². The molecule has 0 radical (unpaired) electrons. The Bertz CT molecular complexity index is 132. The van der Waals surface area contributed by atoms with Crippen LogP contribution in [-0.2, 0) is 0 Å². The van der Waals surface area contributed by atoms with Crippen LogP contribution in [0.2, 0.25) is 0 Å². The maximum Gasteiger partial charge on any atom is 0.0785 e. The van der Waals surface area contributed by atoms with Crippen molar-refractivity contribution in [3.05, 3.63) is 37.0 Å². The second-order valence-electron chi connectivity index (χ2n) is 2.32. The van der Waals surface area contributed by atoms with Gasteiger partial charge in [-0.05, 0) is 5.92 Å². The fourth-order valence-corrected chi connectivity index (χ4v) is 0.384. The average Bonchev–Trinajstić information content (AvgIpc) is 2.03. The van der Waals surface area contributed by atoms with Crippen molar-refractivity contribution in [2.45, 2.75) is 13.8 Å². The first-order valence-electron chi connectivity index (χ1n) is 3.54. The lowest BCUT2D eigenvalue weighted by Crippen LogP contribution is -1.86. The molecule has 0 bridgehead atoms. The predicted molar refractivity (Wildman–Crippen MR) is 50.3 cm³/mol. The fourth-order valence-electron chi connectivity index (χ4n) is 0.384. The van der Waals surface area contributed by atoms with Gasteiger partial charge in [-0.2, -0.15) is 0 Å². The zero-order valence-corrected chi connectivity index (χ0v) is 7.60. The van der Waals surface area contributed by atoms with E-state index in [0.29, 0.717) is 13.1 Å². The van der Waals surface area contributed by atoms with Gasteiger partial charge in [-0.15, -0.1) is 0 Å². The van der Waals surface area contributed by atoms with Gasteiger partial charge in [0.15, 0.2) is 0 Å². The van der Waals surface area contributed by atoms with E-state index in [-0.39, 0.29) is 0 Å². The summed E-state index contributed by atoms with van der Waals surface area (Å²) in [5.41, 5.74) is 1.15.